The second kappa shape index (κ2) is 10.4. The van der Waals surface area contributed by atoms with E-state index in [1.807, 2.05) is 25.1 Å². The molecule has 0 spiro atoms. The number of aromatic nitrogens is 3. The Kier molecular flexibility index (Phi) is 7.37. The molecule has 0 saturated heterocycles. The standard InChI is InChI=1S/C24H32FN7O3/c1-13(26)20(14-5-4-6-14)29-23-18(25)12-17(21(27)33)22(30-23)28-15-7-8-19-16(11-15)24(35-3)31-32(19)9-10-34-2/h7-8,11-14,20H,4-6,9-10,26H2,1-3H3,(H2,27,33)(H2,28,29,30)/t13-,20-/m0/s1. The summed E-state index contributed by atoms with van der Waals surface area (Å²) in [6.45, 7) is 2.95. The number of carbonyl (C=O) groups is 1. The summed E-state index contributed by atoms with van der Waals surface area (Å²) in [5.41, 5.74) is 13.1. The number of nitrogens with zero attached hydrogens (tertiary/aromatic N) is 3. The molecule has 188 valence electrons. The van der Waals surface area contributed by atoms with E-state index in [0.29, 0.717) is 30.6 Å². The van der Waals surface area contributed by atoms with Crippen LogP contribution in [0.1, 0.15) is 36.5 Å². The van der Waals surface area contributed by atoms with Gasteiger partial charge in [0.15, 0.2) is 11.6 Å². The predicted octanol–water partition coefficient (Wildman–Crippen LogP) is 3.00. The Hall–Kier alpha value is -3.44. The Morgan fingerprint density at radius 1 is 1.29 bits per heavy atom. The van der Waals surface area contributed by atoms with Crippen LogP contribution >= 0.6 is 0 Å². The molecule has 4 rings (SSSR count). The molecule has 0 aliphatic heterocycles. The van der Waals surface area contributed by atoms with Crippen molar-refractivity contribution in [3.05, 3.63) is 35.6 Å². The topological polar surface area (TPSA) is 142 Å². The van der Waals surface area contributed by atoms with E-state index in [4.69, 9.17) is 20.9 Å². The third-order valence-corrected chi connectivity index (χ3v) is 6.45. The molecule has 2 aromatic heterocycles. The molecule has 1 fully saturated rings. The number of hydrogen-bond donors (Lipinski definition) is 4. The van der Waals surface area contributed by atoms with Crippen LogP contribution in [0.3, 0.4) is 0 Å². The summed E-state index contributed by atoms with van der Waals surface area (Å²) >= 11 is 0. The molecule has 3 aromatic rings. The number of amides is 1. The maximum absolute atomic E-state index is 14.9. The second-order valence-corrected chi connectivity index (χ2v) is 8.88. The van der Waals surface area contributed by atoms with Crippen LogP contribution in [0.2, 0.25) is 0 Å². The van der Waals surface area contributed by atoms with Crippen LogP contribution in [-0.2, 0) is 11.3 Å². The lowest BCUT2D eigenvalue weighted by Crippen LogP contribution is -2.46. The van der Waals surface area contributed by atoms with E-state index >= 15 is 0 Å². The van der Waals surface area contributed by atoms with Crippen LogP contribution in [0.4, 0.5) is 21.7 Å². The molecule has 10 nitrogen and oxygen atoms in total. The molecule has 2 atom stereocenters. The highest BCUT2D eigenvalue weighted by molar-refractivity contribution is 5.99. The van der Waals surface area contributed by atoms with Crippen LogP contribution in [0.15, 0.2) is 24.3 Å². The largest absolute Gasteiger partial charge is 0.479 e. The number of halogens is 1. The minimum absolute atomic E-state index is 0.0257. The van der Waals surface area contributed by atoms with E-state index in [2.05, 4.69) is 20.7 Å². The number of ether oxygens (including phenoxy) is 2. The van der Waals surface area contributed by atoms with Gasteiger partial charge in [-0.3, -0.25) is 9.48 Å². The van der Waals surface area contributed by atoms with Crippen LogP contribution in [0, 0.1) is 11.7 Å². The average Bonchev–Trinajstić information content (AvgIpc) is 3.14. The summed E-state index contributed by atoms with van der Waals surface area (Å²) in [4.78, 5) is 16.5. The molecule has 35 heavy (non-hydrogen) atoms. The van der Waals surface area contributed by atoms with Gasteiger partial charge in [0.1, 0.15) is 5.82 Å². The molecule has 6 N–H and O–H groups in total. The monoisotopic (exact) mass is 485 g/mol. The fourth-order valence-electron chi connectivity index (χ4n) is 4.37. The number of primary amides is 1. The smallest absolute Gasteiger partial charge is 0.252 e. The van der Waals surface area contributed by atoms with Gasteiger partial charge in [0.05, 0.1) is 36.7 Å². The Labute approximate surface area is 203 Å². The van der Waals surface area contributed by atoms with Gasteiger partial charge in [-0.1, -0.05) is 6.42 Å². The lowest BCUT2D eigenvalue weighted by Gasteiger charge is -2.37. The van der Waals surface area contributed by atoms with Crippen molar-refractivity contribution in [2.45, 2.75) is 44.8 Å². The Balaban J connectivity index is 1.68. The zero-order valence-electron chi connectivity index (χ0n) is 20.2. The Morgan fingerprint density at radius 3 is 2.66 bits per heavy atom. The molecular formula is C24H32FN7O3. The van der Waals surface area contributed by atoms with Crippen LogP contribution < -0.4 is 26.8 Å². The van der Waals surface area contributed by atoms with Gasteiger partial charge in [-0.25, -0.2) is 9.37 Å². The minimum atomic E-state index is -0.792. The van der Waals surface area contributed by atoms with Crippen molar-refractivity contribution in [3.8, 4) is 5.88 Å². The lowest BCUT2D eigenvalue weighted by molar-refractivity contribution is 0.100. The highest BCUT2D eigenvalue weighted by Crippen LogP contribution is 2.34. The first-order chi connectivity index (χ1) is 16.8. The number of nitrogens with one attached hydrogen (secondary N) is 2. The van der Waals surface area contributed by atoms with Crippen LogP contribution in [0.5, 0.6) is 5.88 Å². The number of benzene rings is 1. The van der Waals surface area contributed by atoms with E-state index in [-0.39, 0.29) is 29.3 Å². The quantitative estimate of drug-likeness (QED) is 0.325. The first kappa shape index (κ1) is 24.7. The third kappa shape index (κ3) is 5.15. The average molecular weight is 486 g/mol. The van der Waals surface area contributed by atoms with Gasteiger partial charge in [0, 0.05) is 24.9 Å². The molecule has 11 heteroatoms. The molecular weight excluding hydrogens is 453 g/mol. The fourth-order valence-corrected chi connectivity index (χ4v) is 4.37. The number of rotatable bonds is 11. The second-order valence-electron chi connectivity index (χ2n) is 8.88. The van der Waals surface area contributed by atoms with E-state index < -0.39 is 11.7 Å². The van der Waals surface area contributed by atoms with Crippen molar-refractivity contribution < 1.29 is 18.7 Å². The summed E-state index contributed by atoms with van der Waals surface area (Å²) in [5.74, 6) is -0.483. The number of pyridine rings is 1. The Bertz CT molecular complexity index is 1210. The first-order valence-corrected chi connectivity index (χ1v) is 11.6. The highest BCUT2D eigenvalue weighted by Gasteiger charge is 2.31. The van der Waals surface area contributed by atoms with Crippen molar-refractivity contribution in [2.24, 2.45) is 17.4 Å². The molecule has 0 radical (unpaired) electrons. The van der Waals surface area contributed by atoms with E-state index in [9.17, 15) is 9.18 Å². The van der Waals surface area contributed by atoms with Crippen LogP contribution in [-0.4, -0.2) is 53.6 Å². The van der Waals surface area contributed by atoms with Crippen molar-refractivity contribution >= 4 is 34.1 Å². The van der Waals surface area contributed by atoms with Crippen molar-refractivity contribution in [1.82, 2.24) is 14.8 Å². The fraction of sp³-hybridized carbons (Fsp3) is 0.458. The summed E-state index contributed by atoms with van der Waals surface area (Å²) in [7, 11) is 3.17. The summed E-state index contributed by atoms with van der Waals surface area (Å²) in [6, 6.07) is 6.29. The molecule has 1 aliphatic rings. The SMILES string of the molecule is COCCn1nc(OC)c2cc(Nc3nc(N[C@H](C4CCC4)[C@H](C)N)c(F)cc3C(N)=O)ccc21. The number of fused-ring (bicyclic) bond motifs is 1. The maximum atomic E-state index is 14.9. The summed E-state index contributed by atoms with van der Waals surface area (Å²) in [5, 5.41) is 11.5. The van der Waals surface area contributed by atoms with E-state index in [0.717, 1.165) is 36.2 Å². The molecule has 0 unspecified atom stereocenters. The molecule has 0 bridgehead atoms. The molecule has 2 heterocycles. The number of hydrogen-bond acceptors (Lipinski definition) is 8. The maximum Gasteiger partial charge on any atom is 0.252 e. The summed E-state index contributed by atoms with van der Waals surface area (Å²) < 4.78 is 27.3. The number of carbonyl (C=O) groups excluding carboxylic acids is 1. The third-order valence-electron chi connectivity index (χ3n) is 6.45. The first-order valence-electron chi connectivity index (χ1n) is 11.6. The van der Waals surface area contributed by atoms with Gasteiger partial charge in [-0.05, 0) is 49.9 Å². The minimum Gasteiger partial charge on any atom is -0.479 e. The number of nitrogens with two attached hydrogens (primary N) is 2. The normalized spacial score (nSPS) is 15.5. The van der Waals surface area contributed by atoms with Crippen molar-refractivity contribution in [3.63, 3.8) is 0 Å². The zero-order valence-corrected chi connectivity index (χ0v) is 20.2. The lowest BCUT2D eigenvalue weighted by atomic mass is 9.77. The van der Waals surface area contributed by atoms with Gasteiger partial charge >= 0.3 is 0 Å². The molecule has 1 amide bonds. The van der Waals surface area contributed by atoms with Gasteiger partial charge in [0.2, 0.25) is 5.88 Å². The van der Waals surface area contributed by atoms with Crippen molar-refractivity contribution in [1.29, 1.82) is 0 Å². The van der Waals surface area contributed by atoms with Gasteiger partial charge in [0.25, 0.3) is 5.91 Å². The number of anilines is 3. The van der Waals surface area contributed by atoms with Crippen LogP contribution in [0.25, 0.3) is 10.9 Å². The van der Waals surface area contributed by atoms with Crippen molar-refractivity contribution in [2.75, 3.05) is 31.5 Å². The van der Waals surface area contributed by atoms with Gasteiger partial charge < -0.3 is 31.6 Å². The highest BCUT2D eigenvalue weighted by atomic mass is 19.1. The predicted molar refractivity (Wildman–Crippen MR) is 133 cm³/mol. The molecule has 1 saturated carbocycles. The summed E-state index contributed by atoms with van der Waals surface area (Å²) in [6.07, 6.45) is 3.20. The van der Waals surface area contributed by atoms with E-state index in [1.165, 1.54) is 0 Å². The molecule has 1 aliphatic carbocycles. The number of methoxy groups -OCH3 is 2. The van der Waals surface area contributed by atoms with Gasteiger partial charge in [-0.15, -0.1) is 5.10 Å². The molecule has 1 aromatic carbocycles. The zero-order chi connectivity index (χ0) is 25.1. The van der Waals surface area contributed by atoms with Gasteiger partial charge in [-0.2, -0.15) is 0 Å². The Morgan fingerprint density at radius 2 is 2.06 bits per heavy atom. The van der Waals surface area contributed by atoms with E-state index in [1.54, 1.807) is 18.9 Å².